The molecule has 0 bridgehead atoms. The Kier molecular flexibility index (Phi) is 3.92. The third kappa shape index (κ3) is 2.73. The van der Waals surface area contributed by atoms with Gasteiger partial charge >= 0.3 is 0 Å². The van der Waals surface area contributed by atoms with Gasteiger partial charge in [-0.15, -0.1) is 0 Å². The van der Waals surface area contributed by atoms with E-state index in [1.165, 1.54) is 12.1 Å². The SMILES string of the molecule is CC1CCCCN1C(=O)c1cc(-c2ccc(F)c(F)c2)on1. The molecule has 1 aromatic carbocycles. The largest absolute Gasteiger partial charge is 0.355 e. The van der Waals surface area contributed by atoms with Gasteiger partial charge in [-0.3, -0.25) is 4.79 Å². The van der Waals surface area contributed by atoms with E-state index in [4.69, 9.17) is 4.52 Å². The van der Waals surface area contributed by atoms with Crippen LogP contribution in [-0.2, 0) is 0 Å². The highest BCUT2D eigenvalue weighted by Gasteiger charge is 2.26. The smallest absolute Gasteiger partial charge is 0.276 e. The molecular formula is C16H16F2N2O2. The number of amides is 1. The number of piperidine rings is 1. The number of carbonyl (C=O) groups is 1. The number of nitrogens with zero attached hydrogens (tertiary/aromatic N) is 2. The highest BCUT2D eigenvalue weighted by molar-refractivity contribution is 5.93. The fourth-order valence-electron chi connectivity index (χ4n) is 2.71. The highest BCUT2D eigenvalue weighted by Crippen LogP contribution is 2.24. The monoisotopic (exact) mass is 306 g/mol. The molecule has 0 N–H and O–H groups in total. The molecule has 0 spiro atoms. The molecule has 0 radical (unpaired) electrons. The van der Waals surface area contributed by atoms with Crippen molar-refractivity contribution in [3.63, 3.8) is 0 Å². The molecule has 116 valence electrons. The molecule has 1 aliphatic heterocycles. The summed E-state index contributed by atoms with van der Waals surface area (Å²) in [7, 11) is 0. The second kappa shape index (κ2) is 5.87. The summed E-state index contributed by atoms with van der Waals surface area (Å²) in [4.78, 5) is 14.2. The van der Waals surface area contributed by atoms with Gasteiger partial charge in [0.2, 0.25) is 0 Å². The molecule has 22 heavy (non-hydrogen) atoms. The summed E-state index contributed by atoms with van der Waals surface area (Å²) in [5.74, 6) is -1.84. The zero-order valence-electron chi connectivity index (χ0n) is 12.2. The van der Waals surface area contributed by atoms with Crippen LogP contribution in [0.1, 0.15) is 36.7 Å². The first-order chi connectivity index (χ1) is 10.6. The summed E-state index contributed by atoms with van der Waals surface area (Å²) in [6.07, 6.45) is 3.06. The highest BCUT2D eigenvalue weighted by atomic mass is 19.2. The van der Waals surface area contributed by atoms with E-state index in [-0.39, 0.29) is 23.4 Å². The first-order valence-corrected chi connectivity index (χ1v) is 7.29. The minimum absolute atomic E-state index is 0.171. The Morgan fingerprint density at radius 1 is 1.27 bits per heavy atom. The van der Waals surface area contributed by atoms with E-state index in [1.807, 2.05) is 6.92 Å². The maximum atomic E-state index is 13.3. The van der Waals surface area contributed by atoms with E-state index in [0.29, 0.717) is 12.1 Å². The summed E-state index contributed by atoms with van der Waals surface area (Å²) in [6, 6.07) is 5.06. The minimum atomic E-state index is -0.966. The molecule has 6 heteroatoms. The molecule has 2 heterocycles. The van der Waals surface area contributed by atoms with Gasteiger partial charge in [0.1, 0.15) is 0 Å². The van der Waals surface area contributed by atoms with Gasteiger partial charge in [0.25, 0.3) is 5.91 Å². The number of hydrogen-bond acceptors (Lipinski definition) is 3. The fraction of sp³-hybridized carbons (Fsp3) is 0.375. The Morgan fingerprint density at radius 3 is 2.82 bits per heavy atom. The third-order valence-electron chi connectivity index (χ3n) is 4.00. The molecule has 1 atom stereocenters. The Hall–Kier alpha value is -2.24. The number of aromatic nitrogens is 1. The summed E-state index contributed by atoms with van der Waals surface area (Å²) in [5.41, 5.74) is 0.533. The van der Waals surface area contributed by atoms with Crippen LogP contribution in [0.5, 0.6) is 0 Å². The van der Waals surface area contributed by atoms with Crippen LogP contribution in [0.2, 0.25) is 0 Å². The molecule has 4 nitrogen and oxygen atoms in total. The second-order valence-electron chi connectivity index (χ2n) is 5.55. The zero-order valence-corrected chi connectivity index (χ0v) is 12.2. The maximum absolute atomic E-state index is 13.3. The first-order valence-electron chi connectivity index (χ1n) is 7.29. The van der Waals surface area contributed by atoms with Gasteiger partial charge in [0.15, 0.2) is 23.1 Å². The number of benzene rings is 1. The molecule has 1 amide bonds. The standard InChI is InChI=1S/C16H16F2N2O2/c1-10-4-2-3-7-20(10)16(21)14-9-15(22-19-14)11-5-6-12(17)13(18)8-11/h5-6,8-10H,2-4,7H2,1H3. The quantitative estimate of drug-likeness (QED) is 0.851. The van der Waals surface area contributed by atoms with Crippen molar-refractivity contribution in [2.45, 2.75) is 32.2 Å². The topological polar surface area (TPSA) is 46.3 Å². The van der Waals surface area contributed by atoms with Crippen molar-refractivity contribution in [3.8, 4) is 11.3 Å². The van der Waals surface area contributed by atoms with E-state index >= 15 is 0 Å². The molecule has 1 saturated heterocycles. The van der Waals surface area contributed by atoms with Crippen molar-refractivity contribution in [2.75, 3.05) is 6.54 Å². The lowest BCUT2D eigenvalue weighted by atomic mass is 10.0. The number of likely N-dealkylation sites (tertiary alicyclic amines) is 1. The van der Waals surface area contributed by atoms with E-state index in [9.17, 15) is 13.6 Å². The Morgan fingerprint density at radius 2 is 2.09 bits per heavy atom. The third-order valence-corrected chi connectivity index (χ3v) is 4.00. The molecule has 2 aromatic rings. The molecule has 1 aromatic heterocycles. The summed E-state index contributed by atoms with van der Waals surface area (Å²) in [5, 5.41) is 3.77. The number of carbonyl (C=O) groups excluding carboxylic acids is 1. The molecule has 0 saturated carbocycles. The van der Waals surface area contributed by atoms with E-state index in [0.717, 1.165) is 31.4 Å². The van der Waals surface area contributed by atoms with Gasteiger partial charge in [0.05, 0.1) is 0 Å². The fourth-order valence-corrected chi connectivity index (χ4v) is 2.71. The van der Waals surface area contributed by atoms with Gasteiger partial charge in [0, 0.05) is 24.2 Å². The van der Waals surface area contributed by atoms with Crippen molar-refractivity contribution in [1.29, 1.82) is 0 Å². The number of halogens is 2. The van der Waals surface area contributed by atoms with E-state index < -0.39 is 11.6 Å². The Balaban J connectivity index is 1.83. The second-order valence-corrected chi connectivity index (χ2v) is 5.55. The van der Waals surface area contributed by atoms with Gasteiger partial charge < -0.3 is 9.42 Å². The van der Waals surface area contributed by atoms with Crippen LogP contribution in [-0.4, -0.2) is 28.6 Å². The van der Waals surface area contributed by atoms with Gasteiger partial charge in [-0.25, -0.2) is 8.78 Å². The first kappa shape index (κ1) is 14.7. The van der Waals surface area contributed by atoms with Crippen LogP contribution in [0.3, 0.4) is 0 Å². The van der Waals surface area contributed by atoms with Crippen LogP contribution in [0.25, 0.3) is 11.3 Å². The molecule has 3 rings (SSSR count). The van der Waals surface area contributed by atoms with E-state index in [2.05, 4.69) is 5.16 Å². The van der Waals surface area contributed by atoms with Crippen molar-refractivity contribution in [3.05, 3.63) is 41.6 Å². The summed E-state index contributed by atoms with van der Waals surface area (Å²) in [6.45, 7) is 2.71. The zero-order chi connectivity index (χ0) is 15.7. The number of hydrogen-bond donors (Lipinski definition) is 0. The van der Waals surface area contributed by atoms with Crippen LogP contribution in [0.4, 0.5) is 8.78 Å². The van der Waals surface area contributed by atoms with Gasteiger partial charge in [-0.2, -0.15) is 0 Å². The minimum Gasteiger partial charge on any atom is -0.355 e. The van der Waals surface area contributed by atoms with E-state index in [1.54, 1.807) is 4.90 Å². The molecule has 0 aliphatic carbocycles. The lowest BCUT2D eigenvalue weighted by Gasteiger charge is -2.32. The molecule has 1 unspecified atom stereocenters. The van der Waals surface area contributed by atoms with Gasteiger partial charge in [-0.05, 0) is 44.4 Å². The van der Waals surface area contributed by atoms with Crippen LogP contribution in [0, 0.1) is 11.6 Å². The van der Waals surface area contributed by atoms with Crippen LogP contribution in [0.15, 0.2) is 28.8 Å². The predicted molar refractivity (Wildman–Crippen MR) is 76.2 cm³/mol. The van der Waals surface area contributed by atoms with Crippen LogP contribution < -0.4 is 0 Å². The van der Waals surface area contributed by atoms with Crippen molar-refractivity contribution < 1.29 is 18.1 Å². The van der Waals surface area contributed by atoms with Gasteiger partial charge in [-0.1, -0.05) is 5.16 Å². The molecular weight excluding hydrogens is 290 g/mol. The normalized spacial score (nSPS) is 18.5. The Bertz CT molecular complexity index is 699. The van der Waals surface area contributed by atoms with Crippen LogP contribution >= 0.6 is 0 Å². The van der Waals surface area contributed by atoms with Crippen molar-refractivity contribution in [2.24, 2.45) is 0 Å². The molecule has 1 aliphatic rings. The Labute approximate surface area is 126 Å². The maximum Gasteiger partial charge on any atom is 0.276 e. The molecule has 1 fully saturated rings. The summed E-state index contributed by atoms with van der Waals surface area (Å²) >= 11 is 0. The lowest BCUT2D eigenvalue weighted by Crippen LogP contribution is -2.42. The average Bonchev–Trinajstić information content (AvgIpc) is 3.00. The van der Waals surface area contributed by atoms with Crippen molar-refractivity contribution >= 4 is 5.91 Å². The van der Waals surface area contributed by atoms with Crippen molar-refractivity contribution in [1.82, 2.24) is 10.1 Å². The average molecular weight is 306 g/mol. The lowest BCUT2D eigenvalue weighted by molar-refractivity contribution is 0.0625. The summed E-state index contributed by atoms with van der Waals surface area (Å²) < 4.78 is 31.3. The number of rotatable bonds is 2. The predicted octanol–water partition coefficient (Wildman–Crippen LogP) is 3.63.